The minimum atomic E-state index is -1.40. The van der Waals surface area contributed by atoms with E-state index in [2.05, 4.69) is 46.6 Å². The van der Waals surface area contributed by atoms with Crippen LogP contribution in [0.25, 0.3) is 11.1 Å². The number of nitrogens with one attached hydrogen (secondary N) is 1. The van der Waals surface area contributed by atoms with E-state index in [-0.39, 0.29) is 30.3 Å². The summed E-state index contributed by atoms with van der Waals surface area (Å²) in [6.45, 7) is 5.29. The first kappa shape index (κ1) is 31.9. The predicted octanol–water partition coefficient (Wildman–Crippen LogP) is 5.38. The van der Waals surface area contributed by atoms with Crippen molar-refractivity contribution in [1.82, 2.24) is 9.80 Å². The minimum Gasteiger partial charge on any atom is -0.486 e. The Balaban J connectivity index is 1.39. The molecule has 8 heteroatoms. The molecule has 1 aliphatic rings. The maximum Gasteiger partial charge on any atom is 0.258 e. The summed E-state index contributed by atoms with van der Waals surface area (Å²) in [5.41, 5.74) is 4.53. The molecule has 0 bridgehead atoms. The Morgan fingerprint density at radius 2 is 1.60 bits per heavy atom. The van der Waals surface area contributed by atoms with E-state index in [0.717, 1.165) is 11.1 Å². The highest BCUT2D eigenvalue weighted by atomic mass is 16.5. The number of nitrogens with zero attached hydrogens (tertiary/aromatic N) is 2. The summed E-state index contributed by atoms with van der Waals surface area (Å²) in [6, 6.07) is 32.1. The molecule has 0 saturated carbocycles. The van der Waals surface area contributed by atoms with Crippen molar-refractivity contribution in [2.45, 2.75) is 38.6 Å². The third-order valence-corrected chi connectivity index (χ3v) is 8.32. The number of carbonyl (C=O) groups excluding carboxylic acids is 2. The summed E-state index contributed by atoms with van der Waals surface area (Å²) in [5.74, 6) is -0.765. The number of likely N-dealkylation sites (N-methyl/N-ethyl adjacent to an activating group) is 1. The number of aliphatic hydroxyl groups is 2. The molecule has 0 aliphatic carbocycles. The van der Waals surface area contributed by atoms with E-state index in [1.165, 1.54) is 5.56 Å². The lowest BCUT2D eigenvalue weighted by molar-refractivity contribution is -0.124. The first-order chi connectivity index (χ1) is 21.7. The molecule has 1 unspecified atom stereocenters. The Hall–Kier alpha value is -4.50. The van der Waals surface area contributed by atoms with Crippen molar-refractivity contribution in [3.05, 3.63) is 120 Å². The minimum absolute atomic E-state index is 0.0994. The quantitative estimate of drug-likeness (QED) is 0.224. The number of para-hydroxylation sites is 1. The van der Waals surface area contributed by atoms with Crippen molar-refractivity contribution in [2.75, 3.05) is 32.1 Å². The highest BCUT2D eigenvalue weighted by molar-refractivity contribution is 6.02. The Morgan fingerprint density at radius 1 is 0.956 bits per heavy atom. The molecular formula is C37H41N3O5. The van der Waals surface area contributed by atoms with E-state index in [9.17, 15) is 19.8 Å². The lowest BCUT2D eigenvalue weighted by Gasteiger charge is -2.38. The van der Waals surface area contributed by atoms with Crippen LogP contribution in [0, 0.1) is 5.92 Å². The Labute approximate surface area is 264 Å². The third-order valence-electron chi connectivity index (χ3n) is 8.32. The van der Waals surface area contributed by atoms with Crippen LogP contribution in [-0.2, 0) is 11.3 Å². The van der Waals surface area contributed by atoms with Crippen LogP contribution >= 0.6 is 0 Å². The third kappa shape index (κ3) is 7.60. The molecule has 0 spiro atoms. The number of carbonyl (C=O) groups is 2. The summed E-state index contributed by atoms with van der Waals surface area (Å²) in [4.78, 5) is 30.8. The number of hydrogen-bond acceptors (Lipinski definition) is 6. The maximum absolute atomic E-state index is 13.8. The zero-order valence-corrected chi connectivity index (χ0v) is 26.0. The van der Waals surface area contributed by atoms with Gasteiger partial charge in [-0.3, -0.25) is 14.5 Å². The summed E-state index contributed by atoms with van der Waals surface area (Å²) >= 11 is 0. The molecule has 1 aliphatic heterocycles. The van der Waals surface area contributed by atoms with Crippen molar-refractivity contribution < 1.29 is 24.5 Å². The summed E-state index contributed by atoms with van der Waals surface area (Å²) in [6.07, 6.45) is -1.75. The number of anilines is 1. The van der Waals surface area contributed by atoms with Gasteiger partial charge in [-0.15, -0.1) is 0 Å². The van der Waals surface area contributed by atoms with Crippen LogP contribution in [0.3, 0.4) is 0 Å². The summed E-state index contributed by atoms with van der Waals surface area (Å²) < 4.78 is 6.64. The van der Waals surface area contributed by atoms with Crippen LogP contribution in [0.4, 0.5) is 5.69 Å². The summed E-state index contributed by atoms with van der Waals surface area (Å²) in [5, 5.41) is 23.5. The predicted molar refractivity (Wildman–Crippen MR) is 176 cm³/mol. The zero-order chi connectivity index (χ0) is 31.9. The number of benzene rings is 4. The number of rotatable bonds is 10. The number of hydrogen-bond donors (Lipinski definition) is 3. The van der Waals surface area contributed by atoms with Crippen molar-refractivity contribution in [1.29, 1.82) is 0 Å². The van der Waals surface area contributed by atoms with E-state index in [1.54, 1.807) is 47.4 Å². The highest BCUT2D eigenvalue weighted by Crippen LogP contribution is 2.35. The first-order valence-corrected chi connectivity index (χ1v) is 15.3. The fourth-order valence-corrected chi connectivity index (χ4v) is 5.66. The monoisotopic (exact) mass is 607 g/mol. The summed E-state index contributed by atoms with van der Waals surface area (Å²) in [7, 11) is 2.03. The number of aliphatic hydroxyl groups excluding tert-OH is 2. The van der Waals surface area contributed by atoms with E-state index < -0.39 is 18.1 Å². The van der Waals surface area contributed by atoms with Gasteiger partial charge in [0.2, 0.25) is 0 Å². The largest absolute Gasteiger partial charge is 0.486 e. The standard InChI is InChI=1S/C37H41N3O5/c1-25-21-40(26(2)24-41)37(44)31-15-10-16-32(38-36(43)34(42)30-13-8-5-9-14-30)35(31)45-33(25)23-39(3)22-27-17-19-29(20-18-27)28-11-6-4-7-12-28/h4-20,25-26,33-34,41-42H,21-24H2,1-3H3,(H,38,43)/t25-,26+,33-,34?/m1/s1. The average Bonchev–Trinajstić information content (AvgIpc) is 3.07. The molecule has 0 fully saturated rings. The number of amides is 2. The SMILES string of the molecule is C[C@@H]1CN([C@@H](C)CO)C(=O)c2cccc(NC(=O)C(O)c3ccccc3)c2O[C@@H]1CN(C)Cc1ccc(-c2ccccc2)cc1. The topological polar surface area (TPSA) is 102 Å². The van der Waals surface area contributed by atoms with Crippen LogP contribution in [0.1, 0.15) is 41.4 Å². The van der Waals surface area contributed by atoms with Gasteiger partial charge in [-0.05, 0) is 48.4 Å². The second kappa shape index (κ2) is 14.5. The highest BCUT2D eigenvalue weighted by Gasteiger charge is 2.35. The van der Waals surface area contributed by atoms with E-state index in [1.807, 2.05) is 45.2 Å². The molecule has 4 aromatic carbocycles. The van der Waals surface area contributed by atoms with Gasteiger partial charge in [-0.1, -0.05) is 97.9 Å². The van der Waals surface area contributed by atoms with Gasteiger partial charge in [0.25, 0.3) is 11.8 Å². The Bertz CT molecular complexity index is 1580. The second-order valence-corrected chi connectivity index (χ2v) is 11.9. The van der Waals surface area contributed by atoms with Gasteiger partial charge < -0.3 is 25.2 Å². The molecular weight excluding hydrogens is 566 g/mol. The van der Waals surface area contributed by atoms with Crippen LogP contribution in [-0.4, -0.2) is 70.7 Å². The molecule has 0 radical (unpaired) electrons. The number of ether oxygens (including phenoxy) is 1. The van der Waals surface area contributed by atoms with Crippen LogP contribution in [0.15, 0.2) is 103 Å². The molecule has 45 heavy (non-hydrogen) atoms. The van der Waals surface area contributed by atoms with Crippen LogP contribution in [0.5, 0.6) is 5.75 Å². The zero-order valence-electron chi connectivity index (χ0n) is 26.0. The Kier molecular flexibility index (Phi) is 10.3. The van der Waals surface area contributed by atoms with Crippen molar-refractivity contribution in [3.63, 3.8) is 0 Å². The fourth-order valence-electron chi connectivity index (χ4n) is 5.66. The first-order valence-electron chi connectivity index (χ1n) is 15.3. The maximum atomic E-state index is 13.8. The smallest absolute Gasteiger partial charge is 0.258 e. The van der Waals surface area contributed by atoms with E-state index in [4.69, 9.17) is 4.74 Å². The van der Waals surface area contributed by atoms with Crippen LogP contribution in [0.2, 0.25) is 0 Å². The second-order valence-electron chi connectivity index (χ2n) is 11.9. The molecule has 2 amide bonds. The van der Waals surface area contributed by atoms with Crippen molar-refractivity contribution in [2.24, 2.45) is 5.92 Å². The van der Waals surface area contributed by atoms with Gasteiger partial charge in [0.05, 0.1) is 23.9 Å². The molecule has 5 rings (SSSR count). The molecule has 4 aromatic rings. The van der Waals surface area contributed by atoms with Crippen molar-refractivity contribution in [3.8, 4) is 16.9 Å². The van der Waals surface area contributed by atoms with Gasteiger partial charge >= 0.3 is 0 Å². The van der Waals surface area contributed by atoms with Gasteiger partial charge in [-0.25, -0.2) is 0 Å². The van der Waals surface area contributed by atoms with Crippen LogP contribution < -0.4 is 10.1 Å². The van der Waals surface area contributed by atoms with Gasteiger partial charge in [-0.2, -0.15) is 0 Å². The Morgan fingerprint density at radius 3 is 2.27 bits per heavy atom. The fraction of sp³-hybridized carbons (Fsp3) is 0.297. The van der Waals surface area contributed by atoms with Gasteiger partial charge in [0.1, 0.15) is 6.10 Å². The molecule has 4 atom stereocenters. The lowest BCUT2D eigenvalue weighted by Crippen LogP contribution is -2.49. The molecule has 3 N–H and O–H groups in total. The van der Waals surface area contributed by atoms with Crippen molar-refractivity contribution >= 4 is 17.5 Å². The van der Waals surface area contributed by atoms with E-state index >= 15 is 0 Å². The molecule has 0 saturated heterocycles. The van der Waals surface area contributed by atoms with E-state index in [0.29, 0.717) is 36.4 Å². The average molecular weight is 608 g/mol. The molecule has 1 heterocycles. The van der Waals surface area contributed by atoms with Gasteiger partial charge in [0, 0.05) is 25.6 Å². The molecule has 234 valence electrons. The lowest BCUT2D eigenvalue weighted by atomic mass is 9.98. The van der Waals surface area contributed by atoms with Gasteiger partial charge in [0.15, 0.2) is 11.9 Å². The normalized spacial score (nSPS) is 17.9. The number of fused-ring (bicyclic) bond motifs is 1. The molecule has 0 aromatic heterocycles. The molecule has 8 nitrogen and oxygen atoms in total.